The van der Waals surface area contributed by atoms with Gasteiger partial charge in [-0.05, 0) is 25.2 Å². The summed E-state index contributed by atoms with van der Waals surface area (Å²) in [6, 6.07) is -0.628. The fraction of sp³-hybridized carbons (Fsp3) is 0.857. The summed E-state index contributed by atoms with van der Waals surface area (Å²) in [5.41, 5.74) is 11.1. The van der Waals surface area contributed by atoms with Crippen LogP contribution in [0.1, 0.15) is 58.3 Å². The quantitative estimate of drug-likeness (QED) is 0.664. The van der Waals surface area contributed by atoms with Crippen LogP contribution in [0, 0.1) is 5.92 Å². The van der Waals surface area contributed by atoms with E-state index < -0.39 is 6.04 Å². The zero-order chi connectivity index (χ0) is 14.3. The third-order valence-electron chi connectivity index (χ3n) is 3.90. The number of halogens is 1. The molecule has 5 nitrogen and oxygen atoms in total. The molecule has 0 aliphatic heterocycles. The number of amides is 2. The molecule has 0 bridgehead atoms. The molecule has 0 aromatic heterocycles. The minimum Gasteiger partial charge on any atom is -0.370 e. The average molecular weight is 306 g/mol. The van der Waals surface area contributed by atoms with E-state index in [9.17, 15) is 9.59 Å². The molecule has 0 heterocycles. The molecule has 6 heteroatoms. The Hall–Kier alpha value is -0.810. The maximum atomic E-state index is 12.0. The Kier molecular flexibility index (Phi) is 9.59. The van der Waals surface area contributed by atoms with Gasteiger partial charge in [0.05, 0.1) is 6.04 Å². The number of hydrogen-bond acceptors (Lipinski definition) is 3. The molecule has 20 heavy (non-hydrogen) atoms. The first-order valence-electron chi connectivity index (χ1n) is 7.38. The van der Waals surface area contributed by atoms with Crippen molar-refractivity contribution < 1.29 is 9.59 Å². The van der Waals surface area contributed by atoms with Crippen LogP contribution in [0.3, 0.4) is 0 Å². The summed E-state index contributed by atoms with van der Waals surface area (Å²) in [7, 11) is 0. The van der Waals surface area contributed by atoms with Crippen LogP contribution in [0.15, 0.2) is 0 Å². The maximum Gasteiger partial charge on any atom is 0.237 e. The Morgan fingerprint density at radius 2 is 1.85 bits per heavy atom. The Balaban J connectivity index is 0.00000361. The minimum absolute atomic E-state index is 0. The molecule has 2 atom stereocenters. The number of primary amides is 1. The first-order valence-corrected chi connectivity index (χ1v) is 7.38. The average Bonchev–Trinajstić information content (AvgIpc) is 2.38. The molecule has 0 radical (unpaired) electrons. The molecule has 1 aliphatic rings. The number of nitrogens with two attached hydrogens (primary N) is 2. The van der Waals surface area contributed by atoms with Gasteiger partial charge in [0.1, 0.15) is 0 Å². The third-order valence-corrected chi connectivity index (χ3v) is 3.90. The second-order valence-corrected chi connectivity index (χ2v) is 5.58. The molecule has 5 N–H and O–H groups in total. The lowest BCUT2D eigenvalue weighted by Crippen LogP contribution is -2.49. The smallest absolute Gasteiger partial charge is 0.237 e. The van der Waals surface area contributed by atoms with Gasteiger partial charge in [-0.25, -0.2) is 0 Å². The highest BCUT2D eigenvalue weighted by Crippen LogP contribution is 2.27. The second kappa shape index (κ2) is 10.00. The normalized spacial score (nSPS) is 18.7. The van der Waals surface area contributed by atoms with E-state index in [1.165, 1.54) is 6.42 Å². The third kappa shape index (κ3) is 6.57. The van der Waals surface area contributed by atoms with Crippen LogP contribution in [0.25, 0.3) is 0 Å². The van der Waals surface area contributed by atoms with Gasteiger partial charge >= 0.3 is 0 Å². The van der Waals surface area contributed by atoms with Gasteiger partial charge in [-0.15, -0.1) is 12.4 Å². The molecule has 0 saturated heterocycles. The Bertz CT molecular complexity index is 307. The van der Waals surface area contributed by atoms with Crippen molar-refractivity contribution in [3.8, 4) is 0 Å². The zero-order valence-corrected chi connectivity index (χ0v) is 13.1. The SMILES string of the molecule is CCCC(N)C(=O)NC(CC(N)=O)C1CCCCC1.Cl. The first kappa shape index (κ1) is 19.2. The molecule has 2 amide bonds. The number of hydrogen-bond donors (Lipinski definition) is 3. The fourth-order valence-electron chi connectivity index (χ4n) is 2.82. The number of rotatable bonds is 7. The van der Waals surface area contributed by atoms with Gasteiger partial charge in [0.25, 0.3) is 0 Å². The Labute approximate surface area is 127 Å². The van der Waals surface area contributed by atoms with Crippen molar-refractivity contribution >= 4 is 24.2 Å². The van der Waals surface area contributed by atoms with E-state index in [1.807, 2.05) is 6.92 Å². The van der Waals surface area contributed by atoms with Crippen LogP contribution in [0.5, 0.6) is 0 Å². The second-order valence-electron chi connectivity index (χ2n) is 5.58. The van der Waals surface area contributed by atoms with E-state index in [0.717, 1.165) is 32.1 Å². The molecule has 0 aromatic carbocycles. The van der Waals surface area contributed by atoms with Crippen LogP contribution in [-0.2, 0) is 9.59 Å². The first-order chi connectivity index (χ1) is 9.04. The summed E-state index contributed by atoms with van der Waals surface area (Å²) in [5.74, 6) is -0.155. The summed E-state index contributed by atoms with van der Waals surface area (Å²) in [4.78, 5) is 23.1. The monoisotopic (exact) mass is 305 g/mol. The Morgan fingerprint density at radius 3 is 2.35 bits per heavy atom. The van der Waals surface area contributed by atoms with E-state index in [2.05, 4.69) is 5.32 Å². The van der Waals surface area contributed by atoms with Crippen molar-refractivity contribution in [1.82, 2.24) is 5.32 Å². The molecule has 0 aromatic rings. The van der Waals surface area contributed by atoms with Gasteiger partial charge in [0.15, 0.2) is 0 Å². The van der Waals surface area contributed by atoms with Crippen molar-refractivity contribution in [2.45, 2.75) is 70.4 Å². The summed E-state index contributed by atoms with van der Waals surface area (Å²) in [6.45, 7) is 2.00. The minimum atomic E-state index is -0.482. The molecule has 1 saturated carbocycles. The van der Waals surface area contributed by atoms with Crippen molar-refractivity contribution in [2.24, 2.45) is 17.4 Å². The summed E-state index contributed by atoms with van der Waals surface area (Å²) in [5, 5.41) is 2.94. The van der Waals surface area contributed by atoms with Crippen LogP contribution in [0.4, 0.5) is 0 Å². The fourth-order valence-corrected chi connectivity index (χ4v) is 2.82. The van der Waals surface area contributed by atoms with Gasteiger partial charge < -0.3 is 16.8 Å². The van der Waals surface area contributed by atoms with Crippen LogP contribution in [-0.4, -0.2) is 23.9 Å². The molecular formula is C14H28ClN3O2. The summed E-state index contributed by atoms with van der Waals surface area (Å²) in [6.07, 6.45) is 7.44. The molecule has 1 aliphatic carbocycles. The van der Waals surface area contributed by atoms with Crippen LogP contribution >= 0.6 is 12.4 Å². The number of nitrogens with one attached hydrogen (secondary N) is 1. The standard InChI is InChI=1S/C14H27N3O2.ClH/c1-2-6-11(15)14(19)17-12(9-13(16)18)10-7-4-3-5-8-10;/h10-12H,2-9,15H2,1H3,(H2,16,18)(H,17,19);1H. The topological polar surface area (TPSA) is 98.2 Å². The number of carbonyl (C=O) groups is 2. The lowest BCUT2D eigenvalue weighted by molar-refractivity contribution is -0.124. The molecule has 1 fully saturated rings. The Morgan fingerprint density at radius 1 is 1.25 bits per heavy atom. The highest BCUT2D eigenvalue weighted by molar-refractivity contribution is 5.85. The maximum absolute atomic E-state index is 12.0. The molecular weight excluding hydrogens is 278 g/mol. The largest absolute Gasteiger partial charge is 0.370 e. The van der Waals surface area contributed by atoms with E-state index >= 15 is 0 Å². The molecule has 118 valence electrons. The van der Waals surface area contributed by atoms with Crippen LogP contribution in [0.2, 0.25) is 0 Å². The van der Waals surface area contributed by atoms with Crippen molar-refractivity contribution in [3.05, 3.63) is 0 Å². The summed E-state index contributed by atoms with van der Waals surface area (Å²) < 4.78 is 0. The van der Waals surface area contributed by atoms with Crippen molar-refractivity contribution in [3.63, 3.8) is 0 Å². The molecule has 1 rings (SSSR count). The van der Waals surface area contributed by atoms with Gasteiger partial charge in [-0.1, -0.05) is 32.6 Å². The van der Waals surface area contributed by atoms with Gasteiger partial charge in [0, 0.05) is 12.5 Å². The lowest BCUT2D eigenvalue weighted by atomic mass is 9.82. The predicted molar refractivity (Wildman–Crippen MR) is 82.4 cm³/mol. The van der Waals surface area contributed by atoms with Crippen LogP contribution < -0.4 is 16.8 Å². The highest BCUT2D eigenvalue weighted by atomic mass is 35.5. The van der Waals surface area contributed by atoms with Gasteiger partial charge in [0.2, 0.25) is 11.8 Å². The van der Waals surface area contributed by atoms with Crippen molar-refractivity contribution in [1.29, 1.82) is 0 Å². The number of carbonyl (C=O) groups excluding carboxylic acids is 2. The lowest BCUT2D eigenvalue weighted by Gasteiger charge is -2.31. The summed E-state index contributed by atoms with van der Waals surface area (Å²) >= 11 is 0. The van der Waals surface area contributed by atoms with E-state index in [4.69, 9.17) is 11.5 Å². The van der Waals surface area contributed by atoms with E-state index in [-0.39, 0.29) is 36.7 Å². The van der Waals surface area contributed by atoms with Crippen molar-refractivity contribution in [2.75, 3.05) is 0 Å². The van der Waals surface area contributed by atoms with Gasteiger partial charge in [-0.3, -0.25) is 9.59 Å². The predicted octanol–water partition coefficient (Wildman–Crippen LogP) is 1.48. The van der Waals surface area contributed by atoms with E-state index in [1.54, 1.807) is 0 Å². The molecule has 2 unspecified atom stereocenters. The van der Waals surface area contributed by atoms with E-state index in [0.29, 0.717) is 12.3 Å². The highest BCUT2D eigenvalue weighted by Gasteiger charge is 2.27. The molecule has 0 spiro atoms. The zero-order valence-electron chi connectivity index (χ0n) is 12.3. The van der Waals surface area contributed by atoms with Gasteiger partial charge in [-0.2, -0.15) is 0 Å².